The van der Waals surface area contributed by atoms with Crippen LogP contribution in [0.3, 0.4) is 0 Å². The second-order valence-electron chi connectivity index (χ2n) is 5.29. The van der Waals surface area contributed by atoms with Gasteiger partial charge in [-0.2, -0.15) is 0 Å². The fraction of sp³-hybridized carbons (Fsp3) is 0.533. The number of benzene rings is 1. The summed E-state index contributed by atoms with van der Waals surface area (Å²) < 4.78 is 10.7. The van der Waals surface area contributed by atoms with Gasteiger partial charge in [-0.1, -0.05) is 25.0 Å². The van der Waals surface area contributed by atoms with Crippen LogP contribution in [0, 0.1) is 0 Å². The van der Waals surface area contributed by atoms with E-state index in [0.29, 0.717) is 19.1 Å². The number of carbonyl (C=O) groups excluding carboxylic acids is 1. The molecule has 3 rings (SSSR count). The zero-order valence-corrected chi connectivity index (χ0v) is 11.5. The van der Waals surface area contributed by atoms with Crippen molar-refractivity contribution in [2.75, 3.05) is 13.3 Å². The molecule has 0 atom stereocenters. The van der Waals surface area contributed by atoms with E-state index in [2.05, 4.69) is 10.6 Å². The largest absolute Gasteiger partial charge is 0.454 e. The molecule has 1 fully saturated rings. The van der Waals surface area contributed by atoms with Crippen molar-refractivity contribution in [2.45, 2.75) is 38.3 Å². The van der Waals surface area contributed by atoms with Crippen molar-refractivity contribution in [3.63, 3.8) is 0 Å². The molecule has 1 saturated carbocycles. The Morgan fingerprint density at radius 1 is 1.25 bits per heavy atom. The lowest BCUT2D eigenvalue weighted by Gasteiger charge is -2.12. The summed E-state index contributed by atoms with van der Waals surface area (Å²) in [6.07, 6.45) is 4.91. The Morgan fingerprint density at radius 3 is 2.95 bits per heavy atom. The van der Waals surface area contributed by atoms with Crippen molar-refractivity contribution >= 4 is 5.91 Å². The SMILES string of the molecule is O=C(CNC1CCCC1)NCc1cccc2c1OCO2. The molecular formula is C15H20N2O3. The van der Waals surface area contributed by atoms with Gasteiger partial charge in [0, 0.05) is 18.2 Å². The van der Waals surface area contributed by atoms with Gasteiger partial charge in [0.25, 0.3) is 0 Å². The highest BCUT2D eigenvalue weighted by Gasteiger charge is 2.18. The summed E-state index contributed by atoms with van der Waals surface area (Å²) in [5.41, 5.74) is 0.953. The van der Waals surface area contributed by atoms with Crippen LogP contribution in [-0.2, 0) is 11.3 Å². The Kier molecular flexibility index (Phi) is 4.06. The van der Waals surface area contributed by atoms with E-state index >= 15 is 0 Å². The maximum absolute atomic E-state index is 11.8. The molecule has 0 unspecified atom stereocenters. The lowest BCUT2D eigenvalue weighted by Crippen LogP contribution is -2.37. The molecule has 1 aliphatic carbocycles. The molecule has 0 aromatic heterocycles. The average Bonchev–Trinajstić information content (AvgIpc) is 3.13. The van der Waals surface area contributed by atoms with Gasteiger partial charge in [0.2, 0.25) is 12.7 Å². The lowest BCUT2D eigenvalue weighted by molar-refractivity contribution is -0.120. The number of para-hydroxylation sites is 1. The minimum absolute atomic E-state index is 0.0217. The third kappa shape index (κ3) is 3.04. The van der Waals surface area contributed by atoms with E-state index in [1.54, 1.807) is 0 Å². The van der Waals surface area contributed by atoms with Gasteiger partial charge in [-0.3, -0.25) is 4.79 Å². The molecule has 1 amide bonds. The number of nitrogens with one attached hydrogen (secondary N) is 2. The highest BCUT2D eigenvalue weighted by Crippen LogP contribution is 2.35. The second-order valence-corrected chi connectivity index (χ2v) is 5.29. The molecule has 2 N–H and O–H groups in total. The minimum atomic E-state index is 0.0217. The van der Waals surface area contributed by atoms with Gasteiger partial charge in [-0.25, -0.2) is 0 Å². The maximum Gasteiger partial charge on any atom is 0.234 e. The molecule has 1 aliphatic heterocycles. The Hall–Kier alpha value is -1.75. The number of hydrogen-bond donors (Lipinski definition) is 2. The van der Waals surface area contributed by atoms with Crippen LogP contribution in [-0.4, -0.2) is 25.3 Å². The third-order valence-electron chi connectivity index (χ3n) is 3.86. The number of fused-ring (bicyclic) bond motifs is 1. The first-order valence-corrected chi connectivity index (χ1v) is 7.20. The van der Waals surface area contributed by atoms with Gasteiger partial charge in [0.05, 0.1) is 6.54 Å². The molecule has 1 heterocycles. The van der Waals surface area contributed by atoms with E-state index in [9.17, 15) is 4.79 Å². The van der Waals surface area contributed by atoms with Gasteiger partial charge >= 0.3 is 0 Å². The number of ether oxygens (including phenoxy) is 2. The molecule has 1 aromatic carbocycles. The smallest absolute Gasteiger partial charge is 0.234 e. The van der Waals surface area contributed by atoms with E-state index in [1.807, 2.05) is 18.2 Å². The van der Waals surface area contributed by atoms with E-state index in [0.717, 1.165) is 17.1 Å². The number of rotatable bonds is 5. The Bertz CT molecular complexity index is 484. The molecule has 5 nitrogen and oxygen atoms in total. The average molecular weight is 276 g/mol. The highest BCUT2D eigenvalue weighted by molar-refractivity contribution is 5.78. The Balaban J connectivity index is 1.47. The van der Waals surface area contributed by atoms with Crippen LogP contribution in [0.4, 0.5) is 0 Å². The van der Waals surface area contributed by atoms with Crippen molar-refractivity contribution in [3.05, 3.63) is 23.8 Å². The minimum Gasteiger partial charge on any atom is -0.454 e. The standard InChI is InChI=1S/C15H20N2O3/c18-14(9-16-12-5-1-2-6-12)17-8-11-4-3-7-13-15(11)20-10-19-13/h3-4,7,12,16H,1-2,5-6,8-10H2,(H,17,18). The van der Waals surface area contributed by atoms with Crippen LogP contribution in [0.15, 0.2) is 18.2 Å². The Morgan fingerprint density at radius 2 is 2.10 bits per heavy atom. The molecule has 5 heteroatoms. The van der Waals surface area contributed by atoms with Gasteiger partial charge in [-0.15, -0.1) is 0 Å². The summed E-state index contributed by atoms with van der Waals surface area (Å²) in [5, 5.41) is 6.22. The topological polar surface area (TPSA) is 59.6 Å². The summed E-state index contributed by atoms with van der Waals surface area (Å²) in [6, 6.07) is 6.23. The third-order valence-corrected chi connectivity index (χ3v) is 3.86. The molecule has 0 saturated heterocycles. The summed E-state index contributed by atoms with van der Waals surface area (Å²) in [5.74, 6) is 1.52. The number of hydrogen-bond acceptors (Lipinski definition) is 4. The first-order chi connectivity index (χ1) is 9.83. The quantitative estimate of drug-likeness (QED) is 0.857. The second kappa shape index (κ2) is 6.13. The van der Waals surface area contributed by atoms with Crippen LogP contribution >= 0.6 is 0 Å². The predicted octanol–water partition coefficient (Wildman–Crippen LogP) is 1.56. The van der Waals surface area contributed by atoms with E-state index in [1.165, 1.54) is 25.7 Å². The predicted molar refractivity (Wildman–Crippen MR) is 74.7 cm³/mol. The van der Waals surface area contributed by atoms with Crippen LogP contribution in [0.5, 0.6) is 11.5 Å². The molecule has 2 aliphatic rings. The highest BCUT2D eigenvalue weighted by atomic mass is 16.7. The normalized spacial score (nSPS) is 17.4. The summed E-state index contributed by atoms with van der Waals surface area (Å²) >= 11 is 0. The molecule has 20 heavy (non-hydrogen) atoms. The van der Waals surface area contributed by atoms with Gasteiger partial charge < -0.3 is 20.1 Å². The van der Waals surface area contributed by atoms with Crippen molar-refractivity contribution in [1.82, 2.24) is 10.6 Å². The molecule has 108 valence electrons. The van der Waals surface area contributed by atoms with Crippen LogP contribution in [0.2, 0.25) is 0 Å². The zero-order chi connectivity index (χ0) is 13.8. The molecule has 0 spiro atoms. The van der Waals surface area contributed by atoms with E-state index in [4.69, 9.17) is 9.47 Å². The molecule has 0 radical (unpaired) electrons. The van der Waals surface area contributed by atoms with Gasteiger partial charge in [-0.05, 0) is 18.9 Å². The fourth-order valence-electron chi connectivity index (χ4n) is 2.75. The van der Waals surface area contributed by atoms with Crippen LogP contribution in [0.1, 0.15) is 31.2 Å². The molecular weight excluding hydrogens is 256 g/mol. The van der Waals surface area contributed by atoms with Crippen molar-refractivity contribution < 1.29 is 14.3 Å². The summed E-state index contributed by atoms with van der Waals surface area (Å²) in [7, 11) is 0. The first kappa shape index (κ1) is 13.2. The lowest BCUT2D eigenvalue weighted by atomic mass is 10.2. The van der Waals surface area contributed by atoms with Crippen LogP contribution in [0.25, 0.3) is 0 Å². The van der Waals surface area contributed by atoms with Crippen LogP contribution < -0.4 is 20.1 Å². The van der Waals surface area contributed by atoms with Crippen molar-refractivity contribution in [2.24, 2.45) is 0 Å². The molecule has 1 aromatic rings. The maximum atomic E-state index is 11.8. The van der Waals surface area contributed by atoms with E-state index < -0.39 is 0 Å². The van der Waals surface area contributed by atoms with Gasteiger partial charge in [0.1, 0.15) is 0 Å². The summed E-state index contributed by atoms with van der Waals surface area (Å²) in [6.45, 7) is 1.11. The number of carbonyl (C=O) groups is 1. The van der Waals surface area contributed by atoms with Crippen molar-refractivity contribution in [1.29, 1.82) is 0 Å². The van der Waals surface area contributed by atoms with E-state index in [-0.39, 0.29) is 12.7 Å². The molecule has 0 bridgehead atoms. The monoisotopic (exact) mass is 276 g/mol. The summed E-state index contributed by atoms with van der Waals surface area (Å²) in [4.78, 5) is 11.8. The van der Waals surface area contributed by atoms with Gasteiger partial charge in [0.15, 0.2) is 11.5 Å². The number of amides is 1. The first-order valence-electron chi connectivity index (χ1n) is 7.20. The van der Waals surface area contributed by atoms with Crippen molar-refractivity contribution in [3.8, 4) is 11.5 Å². The zero-order valence-electron chi connectivity index (χ0n) is 11.5. The Labute approximate surface area is 118 Å². The fourth-order valence-corrected chi connectivity index (χ4v) is 2.75.